The fourth-order valence-corrected chi connectivity index (χ4v) is 2.40. The van der Waals surface area contributed by atoms with E-state index in [1.165, 1.54) is 13.2 Å². The smallest absolute Gasteiger partial charge is 0.338 e. The van der Waals surface area contributed by atoms with E-state index in [0.717, 1.165) is 5.56 Å². The Hall–Kier alpha value is -3.28. The van der Waals surface area contributed by atoms with Crippen LogP contribution >= 0.6 is 0 Å². The van der Waals surface area contributed by atoms with Crippen molar-refractivity contribution >= 4 is 23.6 Å². The summed E-state index contributed by atoms with van der Waals surface area (Å²) in [5, 5.41) is 2.76. The predicted octanol–water partition coefficient (Wildman–Crippen LogP) is 3.45. The van der Waals surface area contributed by atoms with Crippen LogP contribution in [0.15, 0.2) is 42.5 Å². The molecule has 1 amide bonds. The first-order valence-corrected chi connectivity index (χ1v) is 7.89. The number of hydrogen-bond acceptors (Lipinski definition) is 5. The summed E-state index contributed by atoms with van der Waals surface area (Å²) in [4.78, 5) is 23.9. The molecule has 2 rings (SSSR count). The Balaban J connectivity index is 2.14. The van der Waals surface area contributed by atoms with Crippen molar-refractivity contribution in [2.75, 3.05) is 26.6 Å². The van der Waals surface area contributed by atoms with Crippen LogP contribution in [-0.4, -0.2) is 33.2 Å². The molecule has 0 saturated heterocycles. The minimum atomic E-state index is -0.445. The topological polar surface area (TPSA) is 73.9 Å². The molecule has 0 aromatic heterocycles. The molecule has 2 aromatic rings. The largest absolute Gasteiger partial charge is 0.493 e. The van der Waals surface area contributed by atoms with Crippen molar-refractivity contribution in [1.29, 1.82) is 0 Å². The van der Waals surface area contributed by atoms with Crippen LogP contribution in [0.4, 0.5) is 5.69 Å². The van der Waals surface area contributed by atoms with Crippen molar-refractivity contribution in [2.24, 2.45) is 0 Å². The van der Waals surface area contributed by atoms with Crippen LogP contribution in [0.1, 0.15) is 21.5 Å². The van der Waals surface area contributed by atoms with Crippen molar-refractivity contribution in [3.05, 3.63) is 59.2 Å². The van der Waals surface area contributed by atoms with E-state index in [9.17, 15) is 9.59 Å². The average molecular weight is 355 g/mol. The molecule has 136 valence electrons. The van der Waals surface area contributed by atoms with Gasteiger partial charge in [-0.1, -0.05) is 12.1 Å². The first-order chi connectivity index (χ1) is 12.5. The first kappa shape index (κ1) is 19.1. The fraction of sp³-hybridized carbons (Fsp3) is 0.200. The third-order valence-corrected chi connectivity index (χ3v) is 3.83. The standard InChI is InChI=1S/C20H21NO5/c1-13-15(20(23)26-4)6-5-7-16(13)21-19(22)11-9-14-8-10-17(24-2)18(12-14)25-3/h5-12H,1-4H3,(H,21,22)/b11-9+. The zero-order valence-corrected chi connectivity index (χ0v) is 15.2. The van der Waals surface area contributed by atoms with Crippen molar-refractivity contribution in [3.63, 3.8) is 0 Å². The van der Waals surface area contributed by atoms with Crippen molar-refractivity contribution < 1.29 is 23.8 Å². The number of hydrogen-bond donors (Lipinski definition) is 1. The van der Waals surface area contributed by atoms with Crippen molar-refractivity contribution in [3.8, 4) is 11.5 Å². The monoisotopic (exact) mass is 355 g/mol. The maximum atomic E-state index is 12.2. The second kappa shape index (κ2) is 8.71. The Bertz CT molecular complexity index is 842. The number of carbonyl (C=O) groups is 2. The number of carbonyl (C=O) groups excluding carboxylic acids is 2. The summed E-state index contributed by atoms with van der Waals surface area (Å²) in [5.41, 5.74) is 2.40. The molecule has 0 heterocycles. The number of methoxy groups -OCH3 is 3. The van der Waals surface area contributed by atoms with Crippen molar-refractivity contribution in [1.82, 2.24) is 0 Å². The molecule has 0 bridgehead atoms. The Morgan fingerprint density at radius 1 is 1.00 bits per heavy atom. The summed E-state index contributed by atoms with van der Waals surface area (Å²) in [5.74, 6) is 0.436. The Kier molecular flexibility index (Phi) is 6.38. The van der Waals surface area contributed by atoms with Gasteiger partial charge in [0.1, 0.15) is 0 Å². The van der Waals surface area contributed by atoms with E-state index in [1.54, 1.807) is 57.6 Å². The van der Waals surface area contributed by atoms with Crippen LogP contribution in [0.2, 0.25) is 0 Å². The molecule has 1 N–H and O–H groups in total. The van der Waals surface area contributed by atoms with Crippen LogP contribution < -0.4 is 14.8 Å². The van der Waals surface area contributed by atoms with Gasteiger partial charge in [0.25, 0.3) is 0 Å². The van der Waals surface area contributed by atoms with Crippen LogP contribution in [-0.2, 0) is 9.53 Å². The Labute approximate surface area is 152 Å². The van der Waals surface area contributed by atoms with Gasteiger partial charge in [-0.05, 0) is 48.4 Å². The summed E-state index contributed by atoms with van der Waals surface area (Å²) in [6, 6.07) is 10.4. The lowest BCUT2D eigenvalue weighted by molar-refractivity contribution is -0.111. The molecule has 0 atom stereocenters. The number of ether oxygens (including phenoxy) is 3. The highest BCUT2D eigenvalue weighted by Crippen LogP contribution is 2.28. The zero-order chi connectivity index (χ0) is 19.1. The number of nitrogens with one attached hydrogen (secondary N) is 1. The Morgan fingerprint density at radius 3 is 2.38 bits per heavy atom. The second-order valence-corrected chi connectivity index (χ2v) is 5.41. The molecule has 6 nitrogen and oxygen atoms in total. The highest BCUT2D eigenvalue weighted by molar-refractivity contribution is 6.03. The fourth-order valence-electron chi connectivity index (χ4n) is 2.40. The van der Waals surface area contributed by atoms with Crippen LogP contribution in [0.25, 0.3) is 6.08 Å². The molecule has 0 aliphatic rings. The number of amides is 1. The maximum absolute atomic E-state index is 12.2. The number of rotatable bonds is 6. The number of esters is 1. The molecule has 2 aromatic carbocycles. The van der Waals surface area contributed by atoms with Gasteiger partial charge in [0.05, 0.1) is 26.9 Å². The van der Waals surface area contributed by atoms with E-state index in [2.05, 4.69) is 5.32 Å². The molecular formula is C20H21NO5. The summed E-state index contributed by atoms with van der Waals surface area (Å²) in [6.07, 6.45) is 3.07. The molecule has 0 unspecified atom stereocenters. The van der Waals surface area contributed by atoms with E-state index in [0.29, 0.717) is 28.3 Å². The van der Waals surface area contributed by atoms with E-state index < -0.39 is 5.97 Å². The lowest BCUT2D eigenvalue weighted by atomic mass is 10.1. The number of anilines is 1. The van der Waals surface area contributed by atoms with Gasteiger partial charge in [0.2, 0.25) is 5.91 Å². The third-order valence-electron chi connectivity index (χ3n) is 3.83. The van der Waals surface area contributed by atoms with E-state index >= 15 is 0 Å². The molecule has 26 heavy (non-hydrogen) atoms. The molecule has 0 spiro atoms. The van der Waals surface area contributed by atoms with Gasteiger partial charge < -0.3 is 19.5 Å². The quantitative estimate of drug-likeness (QED) is 0.635. The minimum absolute atomic E-state index is 0.315. The van der Waals surface area contributed by atoms with Gasteiger partial charge in [-0.15, -0.1) is 0 Å². The molecule has 0 aliphatic carbocycles. The van der Waals surface area contributed by atoms with E-state index in [1.807, 2.05) is 6.07 Å². The van der Waals surface area contributed by atoms with Crippen LogP contribution in [0.5, 0.6) is 11.5 Å². The third kappa shape index (κ3) is 4.42. The first-order valence-electron chi connectivity index (χ1n) is 7.89. The van der Waals surface area contributed by atoms with Gasteiger partial charge >= 0.3 is 5.97 Å². The van der Waals surface area contributed by atoms with Gasteiger partial charge in [0, 0.05) is 11.8 Å². The molecule has 6 heteroatoms. The summed E-state index contributed by atoms with van der Waals surface area (Å²) >= 11 is 0. The summed E-state index contributed by atoms with van der Waals surface area (Å²) in [7, 11) is 4.43. The normalized spacial score (nSPS) is 10.5. The lowest BCUT2D eigenvalue weighted by Gasteiger charge is -2.10. The highest BCUT2D eigenvalue weighted by atomic mass is 16.5. The summed E-state index contributed by atoms with van der Waals surface area (Å²) in [6.45, 7) is 1.75. The average Bonchev–Trinajstić information content (AvgIpc) is 2.67. The SMILES string of the molecule is COC(=O)c1cccc(NC(=O)/C=C/c2ccc(OC)c(OC)c2)c1C. The molecule has 0 saturated carbocycles. The zero-order valence-electron chi connectivity index (χ0n) is 15.2. The van der Waals surface area contributed by atoms with Crippen molar-refractivity contribution in [2.45, 2.75) is 6.92 Å². The predicted molar refractivity (Wildman–Crippen MR) is 99.7 cm³/mol. The highest BCUT2D eigenvalue weighted by Gasteiger charge is 2.12. The molecule has 0 fully saturated rings. The van der Waals surface area contributed by atoms with E-state index in [4.69, 9.17) is 14.2 Å². The number of benzene rings is 2. The van der Waals surface area contributed by atoms with Gasteiger partial charge in [-0.25, -0.2) is 4.79 Å². The van der Waals surface area contributed by atoms with E-state index in [-0.39, 0.29) is 5.91 Å². The molecule has 0 aliphatic heterocycles. The minimum Gasteiger partial charge on any atom is -0.493 e. The van der Waals surface area contributed by atoms with Gasteiger partial charge in [0.15, 0.2) is 11.5 Å². The van der Waals surface area contributed by atoms with Gasteiger partial charge in [-0.2, -0.15) is 0 Å². The van der Waals surface area contributed by atoms with Crippen LogP contribution in [0.3, 0.4) is 0 Å². The molecule has 0 radical (unpaired) electrons. The Morgan fingerprint density at radius 2 is 1.73 bits per heavy atom. The summed E-state index contributed by atoms with van der Waals surface area (Å²) < 4.78 is 15.2. The maximum Gasteiger partial charge on any atom is 0.338 e. The molecular weight excluding hydrogens is 334 g/mol. The second-order valence-electron chi connectivity index (χ2n) is 5.41. The lowest BCUT2D eigenvalue weighted by Crippen LogP contribution is -2.11. The van der Waals surface area contributed by atoms with Crippen LogP contribution in [0, 0.1) is 6.92 Å². The van der Waals surface area contributed by atoms with Gasteiger partial charge in [-0.3, -0.25) is 4.79 Å².